The van der Waals surface area contributed by atoms with Crippen LogP contribution in [0.25, 0.3) is 11.5 Å². The number of oxazole rings is 1. The Hall–Kier alpha value is -1.57. The van der Waals surface area contributed by atoms with E-state index >= 15 is 0 Å². The number of benzene rings is 1. The van der Waals surface area contributed by atoms with Crippen molar-refractivity contribution in [1.82, 2.24) is 4.98 Å². The molecule has 65 valence electrons. The molecular formula is C11H10NO. The maximum atomic E-state index is 5.19. The van der Waals surface area contributed by atoms with Gasteiger partial charge in [-0.05, 0) is 25.5 Å². The van der Waals surface area contributed by atoms with E-state index in [9.17, 15) is 0 Å². The van der Waals surface area contributed by atoms with Crippen molar-refractivity contribution in [2.75, 3.05) is 0 Å². The first kappa shape index (κ1) is 8.05. The van der Waals surface area contributed by atoms with Crippen LogP contribution in [0.4, 0.5) is 0 Å². The highest BCUT2D eigenvalue weighted by atomic mass is 16.3. The summed E-state index contributed by atoms with van der Waals surface area (Å²) >= 11 is 0. The van der Waals surface area contributed by atoms with E-state index < -0.39 is 0 Å². The van der Waals surface area contributed by atoms with Crippen LogP contribution in [0.3, 0.4) is 0 Å². The fourth-order valence-electron chi connectivity index (χ4n) is 1.28. The molecule has 0 aliphatic rings. The van der Waals surface area contributed by atoms with E-state index in [-0.39, 0.29) is 0 Å². The van der Waals surface area contributed by atoms with Crippen LogP contribution in [-0.4, -0.2) is 4.98 Å². The molecule has 0 fully saturated rings. The summed E-state index contributed by atoms with van der Waals surface area (Å²) in [6, 6.07) is 6.20. The quantitative estimate of drug-likeness (QED) is 0.661. The van der Waals surface area contributed by atoms with Gasteiger partial charge in [0.1, 0.15) is 12.5 Å². The molecule has 0 aliphatic heterocycles. The number of aromatic nitrogens is 1. The third-order valence-electron chi connectivity index (χ3n) is 2.01. The molecule has 2 heteroatoms. The summed E-state index contributed by atoms with van der Waals surface area (Å²) in [6.07, 6.45) is 4.13. The highest BCUT2D eigenvalue weighted by molar-refractivity contribution is 5.59. The van der Waals surface area contributed by atoms with Crippen molar-refractivity contribution in [3.63, 3.8) is 0 Å². The predicted octanol–water partition coefficient (Wildman–Crippen LogP) is 2.76. The zero-order chi connectivity index (χ0) is 9.26. The molecular weight excluding hydrogens is 162 g/mol. The standard InChI is InChI=1S/C11H10NO/c1-8-3-4-9(2)10(7-8)11-12-5-6-13-11/h3-4,6-7H,1-2H3. The monoisotopic (exact) mass is 172 g/mol. The van der Waals surface area contributed by atoms with Crippen molar-refractivity contribution >= 4 is 0 Å². The average Bonchev–Trinajstić information content (AvgIpc) is 2.61. The van der Waals surface area contributed by atoms with Crippen molar-refractivity contribution in [3.05, 3.63) is 41.8 Å². The lowest BCUT2D eigenvalue weighted by atomic mass is 10.1. The topological polar surface area (TPSA) is 26.0 Å². The summed E-state index contributed by atoms with van der Waals surface area (Å²) in [5.74, 6) is 0.640. The van der Waals surface area contributed by atoms with Gasteiger partial charge in [0, 0.05) is 5.56 Å². The second-order valence-corrected chi connectivity index (χ2v) is 3.10. The van der Waals surface area contributed by atoms with Gasteiger partial charge >= 0.3 is 0 Å². The largest absolute Gasteiger partial charge is 0.444 e. The Morgan fingerprint density at radius 2 is 2.15 bits per heavy atom. The maximum Gasteiger partial charge on any atom is 0.226 e. The molecule has 0 spiro atoms. The number of nitrogens with zero attached hydrogens (tertiary/aromatic N) is 1. The summed E-state index contributed by atoms with van der Waals surface area (Å²) in [5.41, 5.74) is 3.42. The van der Waals surface area contributed by atoms with E-state index in [0.29, 0.717) is 5.89 Å². The van der Waals surface area contributed by atoms with Crippen molar-refractivity contribution in [1.29, 1.82) is 0 Å². The minimum absolute atomic E-state index is 0.640. The van der Waals surface area contributed by atoms with Gasteiger partial charge in [-0.3, -0.25) is 0 Å². The van der Waals surface area contributed by atoms with E-state index in [1.807, 2.05) is 6.92 Å². The molecule has 1 aromatic carbocycles. The molecule has 0 amide bonds. The van der Waals surface area contributed by atoms with E-state index in [4.69, 9.17) is 4.42 Å². The number of rotatable bonds is 1. The second-order valence-electron chi connectivity index (χ2n) is 3.10. The summed E-state index contributed by atoms with van der Waals surface area (Å²) < 4.78 is 5.19. The summed E-state index contributed by atoms with van der Waals surface area (Å²) in [6.45, 7) is 4.09. The van der Waals surface area contributed by atoms with Crippen LogP contribution < -0.4 is 0 Å². The molecule has 1 radical (unpaired) electrons. The Bertz CT molecular complexity index is 404. The summed E-state index contributed by atoms with van der Waals surface area (Å²) in [7, 11) is 0. The zero-order valence-electron chi connectivity index (χ0n) is 7.66. The molecule has 2 aromatic rings. The molecule has 2 nitrogen and oxygen atoms in total. The van der Waals surface area contributed by atoms with Crippen molar-refractivity contribution < 1.29 is 4.42 Å². The van der Waals surface area contributed by atoms with E-state index in [1.165, 1.54) is 17.4 Å². The summed E-state index contributed by atoms with van der Waals surface area (Å²) in [5, 5.41) is 0. The van der Waals surface area contributed by atoms with Crippen LogP contribution in [0, 0.1) is 20.0 Å². The first-order valence-corrected chi connectivity index (χ1v) is 4.16. The minimum atomic E-state index is 0.640. The van der Waals surface area contributed by atoms with Crippen LogP contribution in [-0.2, 0) is 0 Å². The van der Waals surface area contributed by atoms with Crippen molar-refractivity contribution in [3.8, 4) is 11.5 Å². The predicted molar refractivity (Wildman–Crippen MR) is 50.2 cm³/mol. The number of aryl methyl sites for hydroxylation is 2. The highest BCUT2D eigenvalue weighted by Crippen LogP contribution is 2.22. The van der Waals surface area contributed by atoms with Crippen LogP contribution >= 0.6 is 0 Å². The Kier molecular flexibility index (Phi) is 1.89. The van der Waals surface area contributed by atoms with Gasteiger partial charge in [-0.2, -0.15) is 0 Å². The second kappa shape index (κ2) is 3.05. The van der Waals surface area contributed by atoms with Gasteiger partial charge in [-0.1, -0.05) is 17.7 Å². The normalized spacial score (nSPS) is 10.3. The Morgan fingerprint density at radius 3 is 2.85 bits per heavy atom. The smallest absolute Gasteiger partial charge is 0.226 e. The van der Waals surface area contributed by atoms with Crippen LogP contribution in [0.15, 0.2) is 28.9 Å². The van der Waals surface area contributed by atoms with Crippen molar-refractivity contribution in [2.45, 2.75) is 13.8 Å². The molecule has 1 heterocycles. The maximum absolute atomic E-state index is 5.19. The Labute approximate surface area is 77.2 Å². The van der Waals surface area contributed by atoms with Gasteiger partial charge in [0.2, 0.25) is 5.89 Å². The van der Waals surface area contributed by atoms with E-state index in [2.05, 4.69) is 36.3 Å². The fourth-order valence-corrected chi connectivity index (χ4v) is 1.28. The number of hydrogen-bond donors (Lipinski definition) is 0. The first-order chi connectivity index (χ1) is 6.27. The molecule has 13 heavy (non-hydrogen) atoms. The average molecular weight is 172 g/mol. The highest BCUT2D eigenvalue weighted by Gasteiger charge is 2.05. The fraction of sp³-hybridized carbons (Fsp3) is 0.182. The lowest BCUT2D eigenvalue weighted by Gasteiger charge is -2.01. The molecule has 0 N–H and O–H groups in total. The van der Waals surface area contributed by atoms with Crippen LogP contribution in [0.5, 0.6) is 0 Å². The number of hydrogen-bond acceptors (Lipinski definition) is 2. The first-order valence-electron chi connectivity index (χ1n) is 4.16. The lowest BCUT2D eigenvalue weighted by Crippen LogP contribution is -1.84. The van der Waals surface area contributed by atoms with Crippen molar-refractivity contribution in [2.24, 2.45) is 0 Å². The molecule has 0 bridgehead atoms. The zero-order valence-corrected chi connectivity index (χ0v) is 7.66. The van der Waals surface area contributed by atoms with Gasteiger partial charge in [0.05, 0.1) is 0 Å². The summed E-state index contributed by atoms with van der Waals surface area (Å²) in [4.78, 5) is 4.00. The minimum Gasteiger partial charge on any atom is -0.444 e. The van der Waals surface area contributed by atoms with Crippen LogP contribution in [0.1, 0.15) is 11.1 Å². The molecule has 0 saturated carbocycles. The molecule has 0 aliphatic carbocycles. The molecule has 0 saturated heterocycles. The molecule has 0 atom stereocenters. The Morgan fingerprint density at radius 1 is 1.31 bits per heavy atom. The van der Waals surface area contributed by atoms with E-state index in [1.54, 1.807) is 0 Å². The molecule has 1 aromatic heterocycles. The molecule has 2 rings (SSSR count). The Balaban J connectivity index is 2.57. The molecule has 0 unspecified atom stereocenters. The lowest BCUT2D eigenvalue weighted by molar-refractivity contribution is 0.574. The third kappa shape index (κ3) is 1.47. The van der Waals surface area contributed by atoms with Gasteiger partial charge in [-0.25, -0.2) is 4.98 Å². The van der Waals surface area contributed by atoms with Gasteiger partial charge in [-0.15, -0.1) is 0 Å². The van der Waals surface area contributed by atoms with E-state index in [0.717, 1.165) is 5.56 Å². The van der Waals surface area contributed by atoms with Gasteiger partial charge < -0.3 is 4.42 Å². The SMILES string of the molecule is Cc1ccc(C)c(-c2n[c]co2)c1. The van der Waals surface area contributed by atoms with Gasteiger partial charge in [0.25, 0.3) is 0 Å². The van der Waals surface area contributed by atoms with Crippen LogP contribution in [0.2, 0.25) is 0 Å². The van der Waals surface area contributed by atoms with Gasteiger partial charge in [0.15, 0.2) is 0 Å². The third-order valence-corrected chi connectivity index (χ3v) is 2.01.